The van der Waals surface area contributed by atoms with E-state index < -0.39 is 149 Å². The zero-order chi connectivity index (χ0) is 33.5. The lowest BCUT2D eigenvalue weighted by atomic mass is 9.99. The molecule has 264 valence electrons. The zero-order valence-electron chi connectivity index (χ0n) is 23.7. The molecule has 4 aliphatic rings. The average molecular weight is 667 g/mol. The Morgan fingerprint density at radius 2 is 0.911 bits per heavy atom. The summed E-state index contributed by atoms with van der Waals surface area (Å²) in [6, 6.07) is 0. The molecule has 0 radical (unpaired) electrons. The highest BCUT2D eigenvalue weighted by molar-refractivity contribution is 5.02. The van der Waals surface area contributed by atoms with Crippen LogP contribution >= 0.6 is 0 Å². The predicted molar refractivity (Wildman–Crippen MR) is 134 cm³/mol. The normalized spacial score (nSPS) is 52.1. The largest absolute Gasteiger partial charge is 0.394 e. The van der Waals surface area contributed by atoms with Gasteiger partial charge in [0.2, 0.25) is 17.4 Å². The first-order valence-corrected chi connectivity index (χ1v) is 14.0. The minimum absolute atomic E-state index is 0.751. The van der Waals surface area contributed by atoms with Gasteiger partial charge in [-0.1, -0.05) is 0 Å². The first-order chi connectivity index (χ1) is 21.2. The van der Waals surface area contributed by atoms with Crippen LogP contribution in [0, 0.1) is 0 Å². The summed E-state index contributed by atoms with van der Waals surface area (Å²) < 4.78 is 38.2. The van der Waals surface area contributed by atoms with Gasteiger partial charge in [-0.05, 0) is 0 Å². The van der Waals surface area contributed by atoms with Crippen molar-refractivity contribution in [2.75, 3.05) is 46.2 Å². The first kappa shape index (κ1) is 37.0. The topological polar surface area (TPSA) is 348 Å². The number of hydrogen-bond donors (Lipinski definition) is 14. The van der Waals surface area contributed by atoms with E-state index in [1.165, 1.54) is 0 Å². The number of aliphatic hydroxyl groups is 14. The fourth-order valence-corrected chi connectivity index (χ4v) is 5.65. The predicted octanol–water partition coefficient (Wildman–Crippen LogP) is -9.74. The van der Waals surface area contributed by atoms with E-state index in [0.29, 0.717) is 0 Å². The SMILES string of the molecule is OC[C@H]1O[C@@](CO)(OC[C@H]2O[C@@](CO)(OC[C@@]3(O[C@H]4O[C@H](CO)[C@@H](O)[C@H](O)[C@H]4O)O[C@H](CO)[C@@H](O)[C@@H]3O)[C@@H](O)[C@@H]2O)[C@@H](O)[C@@H]1O. The number of rotatable bonds is 13. The zero-order valence-corrected chi connectivity index (χ0v) is 23.7. The van der Waals surface area contributed by atoms with Crippen molar-refractivity contribution in [3.05, 3.63) is 0 Å². The van der Waals surface area contributed by atoms with Crippen molar-refractivity contribution in [2.45, 2.75) is 103 Å². The van der Waals surface area contributed by atoms with Crippen LogP contribution < -0.4 is 0 Å². The minimum atomic E-state index is -2.62. The monoisotopic (exact) mass is 666 g/mol. The van der Waals surface area contributed by atoms with Crippen LogP contribution in [0.1, 0.15) is 0 Å². The van der Waals surface area contributed by atoms with Gasteiger partial charge in [0.15, 0.2) is 6.29 Å². The molecule has 0 unspecified atom stereocenters. The molecule has 21 nitrogen and oxygen atoms in total. The molecule has 4 aliphatic heterocycles. The summed E-state index contributed by atoms with van der Waals surface area (Å²) in [5.74, 6) is -7.46. The molecule has 0 saturated carbocycles. The van der Waals surface area contributed by atoms with Crippen LogP contribution in [-0.4, -0.2) is 221 Å². The van der Waals surface area contributed by atoms with E-state index in [1.807, 2.05) is 0 Å². The second-order valence-corrected chi connectivity index (χ2v) is 11.3. The summed E-state index contributed by atoms with van der Waals surface area (Å²) in [5.41, 5.74) is 0. The Kier molecular flexibility index (Phi) is 11.8. The summed E-state index contributed by atoms with van der Waals surface area (Å²) in [4.78, 5) is 0. The van der Waals surface area contributed by atoms with Gasteiger partial charge in [0.25, 0.3) is 0 Å². The lowest BCUT2D eigenvalue weighted by Crippen LogP contribution is -2.63. The maximum absolute atomic E-state index is 10.9. The van der Waals surface area contributed by atoms with Gasteiger partial charge in [0.1, 0.15) is 99.2 Å². The second kappa shape index (κ2) is 14.3. The van der Waals surface area contributed by atoms with Crippen LogP contribution in [0.25, 0.3) is 0 Å². The van der Waals surface area contributed by atoms with Crippen LogP contribution in [0.4, 0.5) is 0 Å². The van der Waals surface area contributed by atoms with Gasteiger partial charge in [-0.25, -0.2) is 0 Å². The smallest absolute Gasteiger partial charge is 0.224 e. The van der Waals surface area contributed by atoms with Crippen LogP contribution in [-0.2, 0) is 33.2 Å². The minimum Gasteiger partial charge on any atom is -0.394 e. The van der Waals surface area contributed by atoms with E-state index in [1.54, 1.807) is 0 Å². The molecule has 0 aliphatic carbocycles. The van der Waals surface area contributed by atoms with Crippen LogP contribution in [0.15, 0.2) is 0 Å². The number of aliphatic hydroxyl groups excluding tert-OH is 14. The summed E-state index contributed by atoms with van der Waals surface area (Å²) in [5, 5.41) is 142. The quantitative estimate of drug-likeness (QED) is 0.0867. The molecule has 0 aromatic rings. The molecule has 4 fully saturated rings. The number of hydrogen-bond acceptors (Lipinski definition) is 21. The lowest BCUT2D eigenvalue weighted by Gasteiger charge is -2.44. The molecule has 0 aromatic heterocycles. The maximum atomic E-state index is 10.9. The Morgan fingerprint density at radius 1 is 0.467 bits per heavy atom. The maximum Gasteiger partial charge on any atom is 0.224 e. The molecule has 0 amide bonds. The Balaban J connectivity index is 1.53. The van der Waals surface area contributed by atoms with Gasteiger partial charge < -0.3 is 105 Å². The molecule has 17 atom stereocenters. The summed E-state index contributed by atoms with van der Waals surface area (Å²) in [6.07, 6.45) is -25.2. The van der Waals surface area contributed by atoms with Gasteiger partial charge in [-0.2, -0.15) is 0 Å². The molecular formula is C24H42O21. The molecule has 0 aromatic carbocycles. The first-order valence-electron chi connectivity index (χ1n) is 14.0. The van der Waals surface area contributed by atoms with Crippen molar-refractivity contribution in [1.29, 1.82) is 0 Å². The number of ether oxygens (including phenoxy) is 7. The third-order valence-corrected chi connectivity index (χ3v) is 8.49. The molecule has 14 N–H and O–H groups in total. The van der Waals surface area contributed by atoms with E-state index in [2.05, 4.69) is 0 Å². The van der Waals surface area contributed by atoms with Crippen LogP contribution in [0.3, 0.4) is 0 Å². The highest BCUT2D eigenvalue weighted by atomic mass is 16.8. The Labute approximate surface area is 254 Å². The molecule has 4 saturated heterocycles. The summed E-state index contributed by atoms with van der Waals surface area (Å²) in [6.45, 7) is -6.60. The summed E-state index contributed by atoms with van der Waals surface area (Å²) in [7, 11) is 0. The van der Waals surface area contributed by atoms with Crippen molar-refractivity contribution in [3.8, 4) is 0 Å². The van der Waals surface area contributed by atoms with Gasteiger partial charge >= 0.3 is 0 Å². The Hall–Kier alpha value is -0.840. The standard InChI is InChI=1S/C24H42O21/c25-1-8-12(30)16(34)17(35)21(41-8)45-24(20(38)14(32)10(3-27)43-24)7-40-23(6-29)19(37)15(33)11(44-23)4-39-22(5-28)18(36)13(31)9(2-26)42-22/h8-21,25-38H,1-7H2/t8-,9-,10-,11-,12-,13-,14-,15-,16+,17-,18+,19+,20+,21-,22-,23-,24+/m1/s1. The van der Waals surface area contributed by atoms with Crippen LogP contribution in [0.2, 0.25) is 0 Å². The van der Waals surface area contributed by atoms with Crippen molar-refractivity contribution in [2.24, 2.45) is 0 Å². The second-order valence-electron chi connectivity index (χ2n) is 11.3. The molecule has 4 heterocycles. The third kappa shape index (κ3) is 6.49. The highest BCUT2D eigenvalue weighted by Crippen LogP contribution is 2.41. The third-order valence-electron chi connectivity index (χ3n) is 8.49. The molecular weight excluding hydrogens is 624 g/mol. The van der Waals surface area contributed by atoms with Gasteiger partial charge in [-0.3, -0.25) is 0 Å². The van der Waals surface area contributed by atoms with E-state index in [-0.39, 0.29) is 0 Å². The van der Waals surface area contributed by atoms with Crippen molar-refractivity contribution >= 4 is 0 Å². The molecule has 0 bridgehead atoms. The van der Waals surface area contributed by atoms with Gasteiger partial charge in [0.05, 0.1) is 26.4 Å². The summed E-state index contributed by atoms with van der Waals surface area (Å²) >= 11 is 0. The molecule has 21 heteroatoms. The van der Waals surface area contributed by atoms with E-state index in [0.717, 1.165) is 0 Å². The average Bonchev–Trinajstić information content (AvgIpc) is 3.55. The molecule has 45 heavy (non-hydrogen) atoms. The van der Waals surface area contributed by atoms with Gasteiger partial charge in [0, 0.05) is 0 Å². The lowest BCUT2D eigenvalue weighted by molar-refractivity contribution is -0.400. The van der Waals surface area contributed by atoms with E-state index >= 15 is 0 Å². The Morgan fingerprint density at radius 3 is 1.40 bits per heavy atom. The fourth-order valence-electron chi connectivity index (χ4n) is 5.65. The fraction of sp³-hybridized carbons (Fsp3) is 1.00. The van der Waals surface area contributed by atoms with Crippen molar-refractivity contribution < 1.29 is 105 Å². The van der Waals surface area contributed by atoms with Crippen LogP contribution in [0.5, 0.6) is 0 Å². The van der Waals surface area contributed by atoms with E-state index in [4.69, 9.17) is 33.2 Å². The van der Waals surface area contributed by atoms with E-state index in [9.17, 15) is 71.5 Å². The molecule has 4 rings (SSSR count). The highest BCUT2D eigenvalue weighted by Gasteiger charge is 2.63. The molecule has 0 spiro atoms. The van der Waals surface area contributed by atoms with Crippen molar-refractivity contribution in [3.63, 3.8) is 0 Å². The Bertz CT molecular complexity index is 962. The van der Waals surface area contributed by atoms with Crippen molar-refractivity contribution in [1.82, 2.24) is 0 Å². The van der Waals surface area contributed by atoms with Gasteiger partial charge in [-0.15, -0.1) is 0 Å².